The van der Waals surface area contributed by atoms with Crippen molar-refractivity contribution in [1.29, 1.82) is 0 Å². The van der Waals surface area contributed by atoms with E-state index in [2.05, 4.69) is 18.9 Å². The number of anilines is 1. The van der Waals surface area contributed by atoms with E-state index >= 15 is 0 Å². The molecule has 2 rings (SSSR count). The van der Waals surface area contributed by atoms with Gasteiger partial charge in [-0.3, -0.25) is 9.48 Å². The molecule has 0 aliphatic heterocycles. The first-order valence-electron chi connectivity index (χ1n) is 7.09. The zero-order chi connectivity index (χ0) is 14.0. The summed E-state index contributed by atoms with van der Waals surface area (Å²) in [5.74, 6) is 0.949. The molecular weight excluding hydrogens is 240 g/mol. The van der Waals surface area contributed by atoms with Crippen LogP contribution in [0.1, 0.15) is 49.9 Å². The number of nitrogens with two attached hydrogens (primary N) is 1. The number of aromatic nitrogens is 2. The second-order valence-electron chi connectivity index (χ2n) is 5.86. The second kappa shape index (κ2) is 5.63. The molecule has 19 heavy (non-hydrogen) atoms. The van der Waals surface area contributed by atoms with Crippen LogP contribution in [0.15, 0.2) is 6.20 Å². The number of nitrogens with zero attached hydrogens (tertiary/aromatic N) is 3. The molecule has 1 aliphatic carbocycles. The van der Waals surface area contributed by atoms with Gasteiger partial charge in [-0.2, -0.15) is 5.10 Å². The highest BCUT2D eigenvalue weighted by molar-refractivity contribution is 5.98. The van der Waals surface area contributed by atoms with Gasteiger partial charge in [-0.25, -0.2) is 0 Å². The maximum atomic E-state index is 12.7. The third-order valence-corrected chi connectivity index (χ3v) is 3.80. The summed E-state index contributed by atoms with van der Waals surface area (Å²) in [7, 11) is 1.76. The molecule has 2 N–H and O–H groups in total. The molecule has 5 nitrogen and oxygen atoms in total. The number of carbonyl (C=O) groups is 1. The maximum Gasteiger partial charge on any atom is 0.259 e. The molecule has 106 valence electrons. The first-order chi connectivity index (χ1) is 9.00. The lowest BCUT2D eigenvalue weighted by Gasteiger charge is -2.30. The zero-order valence-corrected chi connectivity index (χ0v) is 12.1. The van der Waals surface area contributed by atoms with Crippen molar-refractivity contribution in [2.75, 3.05) is 12.3 Å². The molecule has 1 heterocycles. The van der Waals surface area contributed by atoms with Crippen molar-refractivity contribution in [2.24, 2.45) is 13.0 Å². The smallest absolute Gasteiger partial charge is 0.259 e. The van der Waals surface area contributed by atoms with Crippen LogP contribution in [0.3, 0.4) is 0 Å². The molecule has 1 aromatic rings. The van der Waals surface area contributed by atoms with Crippen LogP contribution < -0.4 is 5.73 Å². The molecule has 0 radical (unpaired) electrons. The summed E-state index contributed by atoms with van der Waals surface area (Å²) >= 11 is 0. The first kappa shape index (κ1) is 13.9. The minimum absolute atomic E-state index is 0.0335. The lowest BCUT2D eigenvalue weighted by atomic mass is 10.1. The van der Waals surface area contributed by atoms with Gasteiger partial charge >= 0.3 is 0 Å². The fourth-order valence-corrected chi connectivity index (χ4v) is 2.77. The van der Waals surface area contributed by atoms with Gasteiger partial charge in [0.25, 0.3) is 5.91 Å². The van der Waals surface area contributed by atoms with E-state index in [4.69, 9.17) is 5.73 Å². The molecule has 1 aliphatic rings. The highest BCUT2D eigenvalue weighted by Crippen LogP contribution is 2.26. The van der Waals surface area contributed by atoms with Crippen LogP contribution >= 0.6 is 0 Å². The quantitative estimate of drug-likeness (QED) is 0.905. The van der Waals surface area contributed by atoms with Crippen LogP contribution in [0.4, 0.5) is 5.82 Å². The Bertz CT molecular complexity index is 446. The number of carbonyl (C=O) groups excluding carboxylic acids is 1. The predicted molar refractivity (Wildman–Crippen MR) is 75.8 cm³/mol. The maximum absolute atomic E-state index is 12.7. The van der Waals surface area contributed by atoms with Crippen LogP contribution in [-0.2, 0) is 7.05 Å². The van der Waals surface area contributed by atoms with Crippen molar-refractivity contribution in [3.8, 4) is 0 Å². The largest absolute Gasteiger partial charge is 0.383 e. The molecule has 1 fully saturated rings. The third kappa shape index (κ3) is 2.91. The molecule has 1 saturated carbocycles. The van der Waals surface area contributed by atoms with Crippen molar-refractivity contribution in [1.82, 2.24) is 14.7 Å². The topological polar surface area (TPSA) is 64.2 Å². The van der Waals surface area contributed by atoms with E-state index in [0.717, 1.165) is 19.4 Å². The average Bonchev–Trinajstić information content (AvgIpc) is 2.97. The van der Waals surface area contributed by atoms with Crippen molar-refractivity contribution < 1.29 is 4.79 Å². The Morgan fingerprint density at radius 1 is 1.53 bits per heavy atom. The third-order valence-electron chi connectivity index (χ3n) is 3.80. The predicted octanol–water partition coefficient (Wildman–Crippen LogP) is 2.04. The molecular formula is C14H24N4O. The molecule has 0 unspecified atom stereocenters. The van der Waals surface area contributed by atoms with Gasteiger partial charge in [-0.1, -0.05) is 26.7 Å². The lowest BCUT2D eigenvalue weighted by molar-refractivity contribution is 0.0656. The van der Waals surface area contributed by atoms with E-state index in [-0.39, 0.29) is 5.91 Å². The van der Waals surface area contributed by atoms with Gasteiger partial charge in [0.2, 0.25) is 0 Å². The van der Waals surface area contributed by atoms with Crippen LogP contribution in [0.25, 0.3) is 0 Å². The van der Waals surface area contributed by atoms with Gasteiger partial charge in [0.05, 0.1) is 6.20 Å². The Balaban J connectivity index is 2.21. The average molecular weight is 264 g/mol. The number of nitrogen functional groups attached to an aromatic ring is 1. The van der Waals surface area contributed by atoms with Gasteiger partial charge in [0.1, 0.15) is 11.4 Å². The molecule has 0 spiro atoms. The van der Waals surface area contributed by atoms with E-state index < -0.39 is 0 Å². The van der Waals surface area contributed by atoms with Crippen molar-refractivity contribution >= 4 is 11.7 Å². The SMILES string of the molecule is CC(C)CN(C(=O)c1cnn(C)c1N)C1CCCC1. The molecule has 1 aromatic heterocycles. The first-order valence-corrected chi connectivity index (χ1v) is 7.09. The Hall–Kier alpha value is -1.52. The monoisotopic (exact) mass is 264 g/mol. The van der Waals surface area contributed by atoms with Crippen molar-refractivity contribution in [3.05, 3.63) is 11.8 Å². The summed E-state index contributed by atoms with van der Waals surface area (Å²) in [5, 5.41) is 4.07. The fourth-order valence-electron chi connectivity index (χ4n) is 2.77. The Kier molecular flexibility index (Phi) is 4.12. The van der Waals surface area contributed by atoms with Gasteiger partial charge in [-0.15, -0.1) is 0 Å². The van der Waals surface area contributed by atoms with Crippen LogP contribution in [0.2, 0.25) is 0 Å². The van der Waals surface area contributed by atoms with Crippen molar-refractivity contribution in [3.63, 3.8) is 0 Å². The van der Waals surface area contributed by atoms with E-state index in [1.54, 1.807) is 17.9 Å². The van der Waals surface area contributed by atoms with E-state index in [1.807, 2.05) is 4.90 Å². The zero-order valence-electron chi connectivity index (χ0n) is 12.1. The van der Waals surface area contributed by atoms with Gasteiger partial charge in [0, 0.05) is 19.6 Å². The normalized spacial score (nSPS) is 16.2. The Morgan fingerprint density at radius 2 is 2.16 bits per heavy atom. The molecule has 0 atom stereocenters. The fraction of sp³-hybridized carbons (Fsp3) is 0.714. The second-order valence-corrected chi connectivity index (χ2v) is 5.86. The summed E-state index contributed by atoms with van der Waals surface area (Å²) in [6.07, 6.45) is 6.24. The number of aryl methyl sites for hydroxylation is 1. The van der Waals surface area contributed by atoms with Gasteiger partial charge in [0.15, 0.2) is 0 Å². The molecule has 0 saturated heterocycles. The number of amides is 1. The van der Waals surface area contributed by atoms with Crippen LogP contribution in [-0.4, -0.2) is 33.2 Å². The van der Waals surface area contributed by atoms with E-state index in [9.17, 15) is 4.79 Å². The van der Waals surface area contributed by atoms with E-state index in [0.29, 0.717) is 23.3 Å². The summed E-state index contributed by atoms with van der Waals surface area (Å²) in [6.45, 7) is 5.07. The molecule has 5 heteroatoms. The van der Waals surface area contributed by atoms with Gasteiger partial charge in [-0.05, 0) is 18.8 Å². The van der Waals surface area contributed by atoms with Crippen LogP contribution in [0, 0.1) is 5.92 Å². The number of rotatable bonds is 4. The van der Waals surface area contributed by atoms with Crippen molar-refractivity contribution in [2.45, 2.75) is 45.6 Å². The summed E-state index contributed by atoms with van der Waals surface area (Å²) < 4.78 is 1.55. The Labute approximate surface area is 114 Å². The summed E-state index contributed by atoms with van der Waals surface area (Å²) in [4.78, 5) is 14.7. The Morgan fingerprint density at radius 3 is 2.63 bits per heavy atom. The standard InChI is InChI=1S/C14H24N4O/c1-10(2)9-18(11-6-4-5-7-11)14(19)12-8-16-17(3)13(12)15/h8,10-11H,4-7,9,15H2,1-3H3. The molecule has 0 bridgehead atoms. The summed E-state index contributed by atoms with van der Waals surface area (Å²) in [6, 6.07) is 0.370. The van der Waals surface area contributed by atoms with E-state index in [1.165, 1.54) is 12.8 Å². The lowest BCUT2D eigenvalue weighted by Crippen LogP contribution is -2.41. The summed E-state index contributed by atoms with van der Waals surface area (Å²) in [5.41, 5.74) is 6.46. The highest BCUT2D eigenvalue weighted by atomic mass is 16.2. The molecule has 1 amide bonds. The minimum Gasteiger partial charge on any atom is -0.383 e. The highest BCUT2D eigenvalue weighted by Gasteiger charge is 2.29. The molecule has 0 aromatic carbocycles. The minimum atomic E-state index is 0.0335. The van der Waals surface area contributed by atoms with Crippen LogP contribution in [0.5, 0.6) is 0 Å². The number of hydrogen-bond acceptors (Lipinski definition) is 3. The van der Waals surface area contributed by atoms with Gasteiger partial charge < -0.3 is 10.6 Å². The number of hydrogen-bond donors (Lipinski definition) is 1.